The maximum atomic E-state index is 13.6. The number of benzene rings is 1. The van der Waals surface area contributed by atoms with Crippen LogP contribution in [0.25, 0.3) is 22.3 Å². The van der Waals surface area contributed by atoms with Gasteiger partial charge in [0, 0.05) is 23.1 Å². The Hall–Kier alpha value is -3.72. The van der Waals surface area contributed by atoms with Crippen molar-refractivity contribution in [2.24, 2.45) is 5.73 Å². The number of nitrogens with zero attached hydrogens (tertiary/aromatic N) is 2. The van der Waals surface area contributed by atoms with Crippen molar-refractivity contribution < 1.29 is 24.2 Å². The van der Waals surface area contributed by atoms with Crippen molar-refractivity contribution in [2.45, 2.75) is 51.9 Å². The summed E-state index contributed by atoms with van der Waals surface area (Å²) in [5.74, 6) is -1.19. The van der Waals surface area contributed by atoms with Crippen LogP contribution in [0.4, 0.5) is 0 Å². The molecule has 9 nitrogen and oxygen atoms in total. The SMILES string of the molecule is CCc1c2c(nc3ccc(O)cc13)-c1cc3c(c(=O)n1C2)COC(=O)[C@@]3(CC)OC(=O)CCN. The monoisotopic (exact) mass is 463 g/mol. The number of aromatic hydroxyl groups is 1. The summed E-state index contributed by atoms with van der Waals surface area (Å²) in [5.41, 5.74) is 7.90. The zero-order chi connectivity index (χ0) is 24.2. The summed E-state index contributed by atoms with van der Waals surface area (Å²) in [6.07, 6.45) is 0.733. The van der Waals surface area contributed by atoms with Crippen LogP contribution < -0.4 is 11.3 Å². The Labute approximate surface area is 195 Å². The lowest BCUT2D eigenvalue weighted by Crippen LogP contribution is -2.47. The number of pyridine rings is 2. The first-order chi connectivity index (χ1) is 16.3. The number of phenols is 1. The van der Waals surface area contributed by atoms with Gasteiger partial charge in [-0.1, -0.05) is 13.8 Å². The molecular weight excluding hydrogens is 438 g/mol. The van der Waals surface area contributed by atoms with E-state index in [-0.39, 0.29) is 37.3 Å². The molecule has 4 heterocycles. The van der Waals surface area contributed by atoms with E-state index in [1.807, 2.05) is 6.92 Å². The van der Waals surface area contributed by atoms with Crippen LogP contribution >= 0.6 is 0 Å². The van der Waals surface area contributed by atoms with Crippen LogP contribution in [0.5, 0.6) is 5.75 Å². The molecule has 2 aliphatic rings. The third kappa shape index (κ3) is 3.03. The summed E-state index contributed by atoms with van der Waals surface area (Å²) in [6.45, 7) is 3.93. The highest BCUT2D eigenvalue weighted by atomic mass is 16.6. The molecule has 3 N–H and O–H groups in total. The summed E-state index contributed by atoms with van der Waals surface area (Å²) in [4.78, 5) is 43.7. The minimum absolute atomic E-state index is 0.0582. The highest BCUT2D eigenvalue weighted by Crippen LogP contribution is 2.42. The van der Waals surface area contributed by atoms with Crippen LogP contribution in [0, 0.1) is 0 Å². The van der Waals surface area contributed by atoms with Crippen molar-refractivity contribution in [3.63, 3.8) is 0 Å². The van der Waals surface area contributed by atoms with Gasteiger partial charge in [0.2, 0.25) is 5.60 Å². The second-order valence-electron chi connectivity index (χ2n) is 8.56. The molecule has 1 atom stereocenters. The quantitative estimate of drug-likeness (QED) is 0.431. The Morgan fingerprint density at radius 2 is 2.06 bits per heavy atom. The second kappa shape index (κ2) is 7.95. The number of nitrogens with two attached hydrogens (primary N) is 1. The fraction of sp³-hybridized carbons (Fsp3) is 0.360. The van der Waals surface area contributed by atoms with Gasteiger partial charge in [-0.3, -0.25) is 9.59 Å². The van der Waals surface area contributed by atoms with Gasteiger partial charge >= 0.3 is 11.9 Å². The third-order valence-corrected chi connectivity index (χ3v) is 6.75. The maximum absolute atomic E-state index is 13.6. The van der Waals surface area contributed by atoms with Gasteiger partial charge in [0.05, 0.1) is 35.4 Å². The Bertz CT molecular complexity index is 1430. The van der Waals surface area contributed by atoms with Crippen LogP contribution in [0.2, 0.25) is 0 Å². The highest BCUT2D eigenvalue weighted by Gasteiger charge is 2.50. The van der Waals surface area contributed by atoms with Gasteiger partial charge in [0.25, 0.3) is 5.56 Å². The molecule has 0 saturated heterocycles. The molecule has 34 heavy (non-hydrogen) atoms. The van der Waals surface area contributed by atoms with Gasteiger partial charge in [-0.15, -0.1) is 0 Å². The van der Waals surface area contributed by atoms with E-state index in [1.54, 1.807) is 35.8 Å². The standard InChI is InChI=1S/C25H25N3O6/c1-3-14-15-9-13(29)5-6-19(15)27-22-16(14)11-28-20(22)10-18-17(23(28)31)12-33-24(32)25(18,4-2)34-21(30)7-8-26/h5-6,9-10,29H,3-4,7-8,11-12,26H2,1-2H3/t25-/m0/s1. The largest absolute Gasteiger partial charge is 0.508 e. The van der Waals surface area contributed by atoms with Gasteiger partial charge in [0.1, 0.15) is 12.4 Å². The topological polar surface area (TPSA) is 134 Å². The first-order valence-electron chi connectivity index (χ1n) is 11.4. The Kier molecular flexibility index (Phi) is 5.16. The van der Waals surface area contributed by atoms with Crippen LogP contribution in [0.3, 0.4) is 0 Å². The lowest BCUT2D eigenvalue weighted by molar-refractivity contribution is -0.189. The van der Waals surface area contributed by atoms with E-state index in [0.29, 0.717) is 41.0 Å². The molecule has 2 aromatic heterocycles. The van der Waals surface area contributed by atoms with Crippen molar-refractivity contribution in [3.05, 3.63) is 56.9 Å². The number of rotatable bonds is 5. The number of carbonyl (C=O) groups is 2. The lowest BCUT2D eigenvalue weighted by atomic mass is 9.85. The number of ether oxygens (including phenoxy) is 2. The minimum atomic E-state index is -1.71. The van der Waals surface area contributed by atoms with E-state index in [0.717, 1.165) is 16.5 Å². The Morgan fingerprint density at radius 3 is 2.76 bits per heavy atom. The van der Waals surface area contributed by atoms with Crippen LogP contribution in [0.1, 0.15) is 48.9 Å². The molecule has 176 valence electrons. The number of aromatic nitrogens is 2. The second-order valence-corrected chi connectivity index (χ2v) is 8.56. The van der Waals surface area contributed by atoms with Gasteiger partial charge < -0.3 is 24.9 Å². The van der Waals surface area contributed by atoms with Crippen molar-refractivity contribution in [3.8, 4) is 17.1 Å². The molecule has 0 fully saturated rings. The molecule has 0 unspecified atom stereocenters. The minimum Gasteiger partial charge on any atom is -0.508 e. The summed E-state index contributed by atoms with van der Waals surface area (Å²) in [6, 6.07) is 6.74. The number of fused-ring (bicyclic) bond motifs is 5. The number of aryl methyl sites for hydroxylation is 1. The third-order valence-electron chi connectivity index (χ3n) is 6.75. The predicted molar refractivity (Wildman–Crippen MR) is 123 cm³/mol. The Balaban J connectivity index is 1.76. The summed E-state index contributed by atoms with van der Waals surface area (Å²) >= 11 is 0. The number of phenolic OH excluding ortho intramolecular Hbond substituents is 1. The van der Waals surface area contributed by atoms with Crippen molar-refractivity contribution in [1.82, 2.24) is 9.55 Å². The van der Waals surface area contributed by atoms with E-state index < -0.39 is 17.5 Å². The normalized spacial score (nSPS) is 18.3. The van der Waals surface area contributed by atoms with E-state index in [4.69, 9.17) is 20.2 Å². The summed E-state index contributed by atoms with van der Waals surface area (Å²) in [7, 11) is 0. The van der Waals surface area contributed by atoms with E-state index >= 15 is 0 Å². The first-order valence-corrected chi connectivity index (χ1v) is 11.4. The van der Waals surface area contributed by atoms with Crippen LogP contribution in [-0.2, 0) is 44.2 Å². The predicted octanol–water partition coefficient (Wildman–Crippen LogP) is 2.25. The number of cyclic esters (lactones) is 1. The summed E-state index contributed by atoms with van der Waals surface area (Å²) in [5, 5.41) is 10.8. The smallest absolute Gasteiger partial charge is 0.355 e. The fourth-order valence-electron chi connectivity index (χ4n) is 5.07. The van der Waals surface area contributed by atoms with Crippen molar-refractivity contribution >= 4 is 22.8 Å². The zero-order valence-electron chi connectivity index (χ0n) is 19.0. The van der Waals surface area contributed by atoms with Crippen LogP contribution in [0.15, 0.2) is 29.1 Å². The molecule has 0 amide bonds. The summed E-state index contributed by atoms with van der Waals surface area (Å²) < 4.78 is 12.6. The molecule has 9 heteroatoms. The first kappa shape index (κ1) is 22.1. The number of hydrogen-bond donors (Lipinski definition) is 2. The molecule has 0 bridgehead atoms. The lowest BCUT2D eigenvalue weighted by Gasteiger charge is -2.35. The zero-order valence-corrected chi connectivity index (χ0v) is 19.0. The molecule has 0 saturated carbocycles. The molecule has 0 radical (unpaired) electrons. The number of hydrogen-bond acceptors (Lipinski definition) is 8. The van der Waals surface area contributed by atoms with Crippen molar-refractivity contribution in [2.75, 3.05) is 6.54 Å². The highest BCUT2D eigenvalue weighted by molar-refractivity contribution is 5.90. The molecule has 1 aromatic carbocycles. The van der Waals surface area contributed by atoms with Crippen molar-refractivity contribution in [1.29, 1.82) is 0 Å². The van der Waals surface area contributed by atoms with Gasteiger partial charge in [-0.25, -0.2) is 9.78 Å². The number of carbonyl (C=O) groups excluding carboxylic acids is 2. The fourth-order valence-corrected chi connectivity index (χ4v) is 5.07. The van der Waals surface area contributed by atoms with E-state index in [2.05, 4.69) is 0 Å². The van der Waals surface area contributed by atoms with E-state index in [1.165, 1.54) is 0 Å². The van der Waals surface area contributed by atoms with E-state index in [9.17, 15) is 19.5 Å². The Morgan fingerprint density at radius 1 is 1.26 bits per heavy atom. The molecule has 0 spiro atoms. The molecule has 3 aromatic rings. The number of esters is 2. The van der Waals surface area contributed by atoms with Gasteiger partial charge in [-0.05, 0) is 42.7 Å². The average molecular weight is 463 g/mol. The van der Waals surface area contributed by atoms with Gasteiger partial charge in [0.15, 0.2) is 0 Å². The van der Waals surface area contributed by atoms with Crippen LogP contribution in [-0.4, -0.2) is 33.1 Å². The molecule has 5 rings (SSSR count). The molecule has 2 aliphatic heterocycles. The maximum Gasteiger partial charge on any atom is 0.355 e. The molecule has 0 aliphatic carbocycles. The average Bonchev–Trinajstić information content (AvgIpc) is 3.18. The van der Waals surface area contributed by atoms with Gasteiger partial charge in [-0.2, -0.15) is 0 Å². The molecular formula is C25H25N3O6.